The Balaban J connectivity index is 1.96. The summed E-state index contributed by atoms with van der Waals surface area (Å²) in [6.07, 6.45) is 3.39. The summed E-state index contributed by atoms with van der Waals surface area (Å²) in [5.41, 5.74) is 6.48. The molecule has 3 nitrogen and oxygen atoms in total. The molecule has 0 heterocycles. The zero-order valence-corrected chi connectivity index (χ0v) is 11.9. The highest BCUT2D eigenvalue weighted by molar-refractivity contribution is 5.87. The predicted molar refractivity (Wildman–Crippen MR) is 77.8 cm³/mol. The Hall–Kier alpha value is -1.35. The molecule has 3 N–H and O–H groups in total. The van der Waals surface area contributed by atoms with Gasteiger partial charge in [-0.15, -0.1) is 0 Å². The van der Waals surface area contributed by atoms with E-state index < -0.39 is 5.41 Å². The van der Waals surface area contributed by atoms with E-state index in [9.17, 15) is 4.79 Å². The Kier molecular flexibility index (Phi) is 3.95. The van der Waals surface area contributed by atoms with Crippen LogP contribution in [0.1, 0.15) is 38.7 Å². The normalized spacial score (nSPS) is 17.0. The molecule has 1 aliphatic carbocycles. The van der Waals surface area contributed by atoms with E-state index in [4.69, 9.17) is 5.73 Å². The first kappa shape index (κ1) is 14.1. The van der Waals surface area contributed by atoms with Gasteiger partial charge in [0.15, 0.2) is 0 Å². The predicted octanol–water partition coefficient (Wildman–Crippen LogP) is 2.21. The SMILES string of the molecule is CC(C)(C(=O)NCC1(CCN)CC1)c1ccccc1. The van der Waals surface area contributed by atoms with Crippen LogP contribution in [0.2, 0.25) is 0 Å². The zero-order valence-electron chi connectivity index (χ0n) is 11.9. The number of nitrogens with one attached hydrogen (secondary N) is 1. The molecule has 3 heteroatoms. The Bertz CT molecular complexity index is 435. The van der Waals surface area contributed by atoms with E-state index in [2.05, 4.69) is 5.32 Å². The van der Waals surface area contributed by atoms with Gasteiger partial charge in [-0.3, -0.25) is 4.79 Å². The van der Waals surface area contributed by atoms with Gasteiger partial charge in [-0.05, 0) is 50.6 Å². The molecule has 0 spiro atoms. The van der Waals surface area contributed by atoms with Gasteiger partial charge in [0.1, 0.15) is 0 Å². The van der Waals surface area contributed by atoms with Crippen LogP contribution in [-0.2, 0) is 10.2 Å². The van der Waals surface area contributed by atoms with Crippen molar-refractivity contribution in [1.82, 2.24) is 5.32 Å². The van der Waals surface area contributed by atoms with Gasteiger partial charge in [0.25, 0.3) is 0 Å². The van der Waals surface area contributed by atoms with Crippen molar-refractivity contribution in [3.63, 3.8) is 0 Å². The Morgan fingerprint density at radius 3 is 2.47 bits per heavy atom. The molecule has 0 bridgehead atoms. The monoisotopic (exact) mass is 260 g/mol. The van der Waals surface area contributed by atoms with Crippen molar-refractivity contribution in [3.05, 3.63) is 35.9 Å². The fourth-order valence-corrected chi connectivity index (χ4v) is 2.47. The standard InChI is InChI=1S/C16H24N2O/c1-15(2,13-6-4-3-5-7-13)14(19)18-12-16(8-9-16)10-11-17/h3-7H,8-12,17H2,1-2H3,(H,18,19). The molecule has 1 fully saturated rings. The minimum atomic E-state index is -0.486. The number of hydrogen-bond acceptors (Lipinski definition) is 2. The van der Waals surface area contributed by atoms with Gasteiger partial charge in [-0.2, -0.15) is 0 Å². The topological polar surface area (TPSA) is 55.1 Å². The maximum absolute atomic E-state index is 12.4. The summed E-state index contributed by atoms with van der Waals surface area (Å²) in [6, 6.07) is 9.93. The smallest absolute Gasteiger partial charge is 0.230 e. The number of nitrogens with two attached hydrogens (primary N) is 1. The molecule has 0 radical (unpaired) electrons. The second kappa shape index (κ2) is 5.33. The molecule has 1 aromatic rings. The molecule has 2 rings (SSSR count). The van der Waals surface area contributed by atoms with Gasteiger partial charge in [0.2, 0.25) is 5.91 Å². The minimum Gasteiger partial charge on any atom is -0.355 e. The number of carbonyl (C=O) groups is 1. The molecule has 19 heavy (non-hydrogen) atoms. The lowest BCUT2D eigenvalue weighted by Crippen LogP contribution is -2.42. The van der Waals surface area contributed by atoms with E-state index >= 15 is 0 Å². The molecule has 104 valence electrons. The van der Waals surface area contributed by atoms with Gasteiger partial charge in [-0.1, -0.05) is 30.3 Å². The van der Waals surface area contributed by atoms with Crippen LogP contribution in [0.15, 0.2) is 30.3 Å². The van der Waals surface area contributed by atoms with Crippen LogP contribution in [0.5, 0.6) is 0 Å². The Labute approximate surface area is 115 Å². The van der Waals surface area contributed by atoms with Gasteiger partial charge < -0.3 is 11.1 Å². The van der Waals surface area contributed by atoms with Crippen LogP contribution in [0.4, 0.5) is 0 Å². The molecule has 1 amide bonds. The number of benzene rings is 1. The highest BCUT2D eigenvalue weighted by atomic mass is 16.2. The van der Waals surface area contributed by atoms with Crippen LogP contribution in [0.3, 0.4) is 0 Å². The second-order valence-corrected chi connectivity index (χ2v) is 6.21. The number of hydrogen-bond donors (Lipinski definition) is 2. The molecule has 0 aliphatic heterocycles. The first-order chi connectivity index (χ1) is 9.00. The van der Waals surface area contributed by atoms with Crippen molar-refractivity contribution in [2.75, 3.05) is 13.1 Å². The lowest BCUT2D eigenvalue weighted by molar-refractivity contribution is -0.125. The van der Waals surface area contributed by atoms with E-state index in [1.807, 2.05) is 44.2 Å². The fourth-order valence-electron chi connectivity index (χ4n) is 2.47. The molecule has 1 aromatic carbocycles. The average molecular weight is 260 g/mol. The molecular weight excluding hydrogens is 236 g/mol. The summed E-state index contributed by atoms with van der Waals surface area (Å²) in [5.74, 6) is 0.0991. The molecule has 1 aliphatic rings. The lowest BCUT2D eigenvalue weighted by atomic mass is 9.83. The molecular formula is C16H24N2O. The van der Waals surface area contributed by atoms with Gasteiger partial charge in [-0.25, -0.2) is 0 Å². The van der Waals surface area contributed by atoms with E-state index in [0.29, 0.717) is 6.54 Å². The molecule has 1 saturated carbocycles. The van der Waals surface area contributed by atoms with Crippen molar-refractivity contribution in [2.24, 2.45) is 11.1 Å². The summed E-state index contributed by atoms with van der Waals surface area (Å²) >= 11 is 0. The van der Waals surface area contributed by atoms with Gasteiger partial charge >= 0.3 is 0 Å². The third kappa shape index (κ3) is 3.16. The number of rotatable bonds is 6. The van der Waals surface area contributed by atoms with E-state index in [1.165, 1.54) is 12.8 Å². The maximum Gasteiger partial charge on any atom is 0.230 e. The summed E-state index contributed by atoms with van der Waals surface area (Å²) in [7, 11) is 0. The summed E-state index contributed by atoms with van der Waals surface area (Å²) in [4.78, 5) is 12.4. The highest BCUT2D eigenvalue weighted by Gasteiger charge is 2.42. The van der Waals surface area contributed by atoms with Crippen molar-refractivity contribution in [2.45, 2.75) is 38.5 Å². The largest absolute Gasteiger partial charge is 0.355 e. The van der Waals surface area contributed by atoms with Crippen molar-refractivity contribution in [1.29, 1.82) is 0 Å². The van der Waals surface area contributed by atoms with Crippen molar-refractivity contribution in [3.8, 4) is 0 Å². The van der Waals surface area contributed by atoms with Crippen LogP contribution in [0, 0.1) is 5.41 Å². The van der Waals surface area contributed by atoms with Gasteiger partial charge in [0, 0.05) is 6.54 Å². The van der Waals surface area contributed by atoms with Gasteiger partial charge in [0.05, 0.1) is 5.41 Å². The molecule has 0 aromatic heterocycles. The zero-order chi connectivity index (χ0) is 13.9. The van der Waals surface area contributed by atoms with Crippen molar-refractivity contribution < 1.29 is 4.79 Å². The fraction of sp³-hybridized carbons (Fsp3) is 0.562. The summed E-state index contributed by atoms with van der Waals surface area (Å²) < 4.78 is 0. The third-order valence-electron chi connectivity index (χ3n) is 4.32. The van der Waals surface area contributed by atoms with Crippen LogP contribution in [-0.4, -0.2) is 19.0 Å². The summed E-state index contributed by atoms with van der Waals surface area (Å²) in [6.45, 7) is 5.41. The maximum atomic E-state index is 12.4. The average Bonchev–Trinajstić information content (AvgIpc) is 3.17. The minimum absolute atomic E-state index is 0.0991. The second-order valence-electron chi connectivity index (χ2n) is 6.21. The van der Waals surface area contributed by atoms with Crippen LogP contribution < -0.4 is 11.1 Å². The molecule has 0 unspecified atom stereocenters. The highest BCUT2D eigenvalue weighted by Crippen LogP contribution is 2.47. The van der Waals surface area contributed by atoms with Crippen LogP contribution >= 0.6 is 0 Å². The first-order valence-electron chi connectivity index (χ1n) is 7.04. The van der Waals surface area contributed by atoms with E-state index in [0.717, 1.165) is 18.5 Å². The summed E-state index contributed by atoms with van der Waals surface area (Å²) in [5, 5.41) is 3.11. The number of amides is 1. The van der Waals surface area contributed by atoms with Crippen molar-refractivity contribution >= 4 is 5.91 Å². The lowest BCUT2D eigenvalue weighted by Gasteiger charge is -2.26. The van der Waals surface area contributed by atoms with E-state index in [1.54, 1.807) is 0 Å². The Morgan fingerprint density at radius 2 is 1.95 bits per heavy atom. The molecule has 0 saturated heterocycles. The first-order valence-corrected chi connectivity index (χ1v) is 7.04. The number of carbonyl (C=O) groups excluding carboxylic acids is 1. The van der Waals surface area contributed by atoms with E-state index in [-0.39, 0.29) is 11.3 Å². The van der Waals surface area contributed by atoms with Crippen LogP contribution in [0.25, 0.3) is 0 Å². The molecule has 0 atom stereocenters. The quantitative estimate of drug-likeness (QED) is 0.824. The Morgan fingerprint density at radius 1 is 1.32 bits per heavy atom. The third-order valence-corrected chi connectivity index (χ3v) is 4.32.